The third-order valence-corrected chi connectivity index (χ3v) is 6.08. The molecule has 1 amide bonds. The zero-order valence-corrected chi connectivity index (χ0v) is 16.5. The summed E-state index contributed by atoms with van der Waals surface area (Å²) in [5.41, 5.74) is 2.44. The molecular weight excluding hydrogens is 360 g/mol. The highest BCUT2D eigenvalue weighted by Gasteiger charge is 2.21. The van der Waals surface area contributed by atoms with Crippen molar-refractivity contribution in [3.05, 3.63) is 41.5 Å². The van der Waals surface area contributed by atoms with E-state index in [1.54, 1.807) is 7.11 Å². The van der Waals surface area contributed by atoms with Gasteiger partial charge in [-0.1, -0.05) is 12.1 Å². The van der Waals surface area contributed by atoms with Crippen LogP contribution in [0.25, 0.3) is 16.2 Å². The second-order valence-corrected chi connectivity index (χ2v) is 7.79. The zero-order valence-electron chi connectivity index (χ0n) is 15.6. The lowest BCUT2D eigenvalue weighted by molar-refractivity contribution is 0.0944. The number of carbonyl (C=O) groups is 1. The first-order chi connectivity index (χ1) is 13.2. The minimum absolute atomic E-state index is 0.0449. The number of carbonyl (C=O) groups excluding carboxylic acids is 1. The monoisotopic (exact) mass is 384 g/mol. The highest BCUT2D eigenvalue weighted by atomic mass is 32.1. The molecule has 2 aromatic heterocycles. The summed E-state index contributed by atoms with van der Waals surface area (Å²) in [6.07, 6.45) is 5.39. The van der Waals surface area contributed by atoms with Crippen molar-refractivity contribution < 1.29 is 9.53 Å². The summed E-state index contributed by atoms with van der Waals surface area (Å²) in [4.78, 5) is 20.5. The topological polar surface area (TPSA) is 58.9 Å². The van der Waals surface area contributed by atoms with Crippen molar-refractivity contribution >= 4 is 22.2 Å². The first-order valence-corrected chi connectivity index (χ1v) is 10.1. The summed E-state index contributed by atoms with van der Waals surface area (Å²) >= 11 is 1.48. The number of imidazole rings is 1. The van der Waals surface area contributed by atoms with Crippen molar-refractivity contribution in [2.24, 2.45) is 0 Å². The van der Waals surface area contributed by atoms with E-state index >= 15 is 0 Å². The SMILES string of the molecule is COc1cccc(-c2cn3c(C(=O)NCC[C@H]4CCCN4C)csc3n2)c1. The van der Waals surface area contributed by atoms with E-state index in [0.717, 1.165) is 34.9 Å². The Kier molecular flexibility index (Phi) is 5.13. The highest BCUT2D eigenvalue weighted by molar-refractivity contribution is 7.15. The smallest absolute Gasteiger partial charge is 0.269 e. The molecule has 1 N–H and O–H groups in total. The van der Waals surface area contributed by atoms with E-state index in [1.165, 1.54) is 24.2 Å². The summed E-state index contributed by atoms with van der Waals surface area (Å²) in [5.74, 6) is 0.746. The maximum atomic E-state index is 12.6. The number of fused-ring (bicyclic) bond motifs is 1. The molecule has 3 aromatic rings. The number of nitrogens with zero attached hydrogens (tertiary/aromatic N) is 3. The third-order valence-electron chi connectivity index (χ3n) is 5.24. The van der Waals surface area contributed by atoms with Crippen molar-refractivity contribution in [2.45, 2.75) is 25.3 Å². The van der Waals surface area contributed by atoms with E-state index in [9.17, 15) is 4.79 Å². The van der Waals surface area contributed by atoms with Crippen LogP contribution in [0.3, 0.4) is 0 Å². The lowest BCUT2D eigenvalue weighted by Gasteiger charge is -2.19. The molecule has 142 valence electrons. The fraction of sp³-hybridized carbons (Fsp3) is 0.400. The molecule has 7 heteroatoms. The number of nitrogens with one attached hydrogen (secondary N) is 1. The normalized spacial score (nSPS) is 17.5. The largest absolute Gasteiger partial charge is 0.497 e. The minimum Gasteiger partial charge on any atom is -0.497 e. The number of thiazole rings is 1. The van der Waals surface area contributed by atoms with E-state index in [-0.39, 0.29) is 5.91 Å². The first kappa shape index (κ1) is 18.0. The molecule has 0 spiro atoms. The molecule has 0 radical (unpaired) electrons. The molecule has 1 aliphatic rings. The predicted octanol–water partition coefficient (Wildman–Crippen LogP) is 3.29. The zero-order chi connectivity index (χ0) is 18.8. The maximum absolute atomic E-state index is 12.6. The van der Waals surface area contributed by atoms with Crippen LogP contribution < -0.4 is 10.1 Å². The van der Waals surface area contributed by atoms with Crippen LogP contribution in [0.1, 0.15) is 29.8 Å². The molecule has 0 bridgehead atoms. The number of rotatable bonds is 6. The van der Waals surface area contributed by atoms with Gasteiger partial charge in [0.1, 0.15) is 11.4 Å². The minimum atomic E-state index is -0.0449. The van der Waals surface area contributed by atoms with Gasteiger partial charge in [-0.3, -0.25) is 9.20 Å². The van der Waals surface area contributed by atoms with Crippen LogP contribution in [0.4, 0.5) is 0 Å². The molecule has 0 unspecified atom stereocenters. The fourth-order valence-electron chi connectivity index (χ4n) is 3.66. The number of benzene rings is 1. The van der Waals surface area contributed by atoms with Gasteiger partial charge in [0.25, 0.3) is 5.91 Å². The van der Waals surface area contributed by atoms with E-state index in [0.29, 0.717) is 18.3 Å². The van der Waals surface area contributed by atoms with Gasteiger partial charge >= 0.3 is 0 Å². The summed E-state index contributed by atoms with van der Waals surface area (Å²) < 4.78 is 7.16. The Morgan fingerprint density at radius 3 is 3.11 bits per heavy atom. The molecule has 1 aromatic carbocycles. The van der Waals surface area contributed by atoms with Crippen molar-refractivity contribution in [3.8, 4) is 17.0 Å². The van der Waals surface area contributed by atoms with Gasteiger partial charge in [0.05, 0.1) is 12.8 Å². The standard InChI is InChI=1S/C20H24N4O2S/c1-23-10-4-6-15(23)8-9-21-19(25)18-13-27-20-22-17(12-24(18)20)14-5-3-7-16(11-14)26-2/h3,5,7,11-13,15H,4,6,8-10H2,1-2H3,(H,21,25)/t15-/m1/s1. The Hall–Kier alpha value is -2.38. The van der Waals surface area contributed by atoms with E-state index < -0.39 is 0 Å². The van der Waals surface area contributed by atoms with Gasteiger partial charge in [0.2, 0.25) is 0 Å². The number of ether oxygens (including phenoxy) is 1. The Labute approximate surface area is 162 Å². The lowest BCUT2D eigenvalue weighted by Crippen LogP contribution is -2.32. The molecule has 0 saturated carbocycles. The molecule has 3 heterocycles. The van der Waals surface area contributed by atoms with Gasteiger partial charge in [-0.05, 0) is 45.0 Å². The van der Waals surface area contributed by atoms with Crippen LogP contribution in [0.5, 0.6) is 5.75 Å². The number of likely N-dealkylation sites (tertiary alicyclic amines) is 1. The van der Waals surface area contributed by atoms with Crippen LogP contribution in [0, 0.1) is 0 Å². The van der Waals surface area contributed by atoms with Gasteiger partial charge in [-0.2, -0.15) is 0 Å². The summed E-state index contributed by atoms with van der Waals surface area (Å²) in [6, 6.07) is 8.37. The van der Waals surface area contributed by atoms with Crippen LogP contribution in [0.2, 0.25) is 0 Å². The Bertz CT molecular complexity index is 949. The van der Waals surface area contributed by atoms with Gasteiger partial charge in [-0.15, -0.1) is 11.3 Å². The van der Waals surface area contributed by atoms with Crippen molar-refractivity contribution in [1.82, 2.24) is 19.6 Å². The van der Waals surface area contributed by atoms with Crippen LogP contribution in [-0.2, 0) is 0 Å². The molecule has 1 aliphatic heterocycles. The predicted molar refractivity (Wildman–Crippen MR) is 108 cm³/mol. The highest BCUT2D eigenvalue weighted by Crippen LogP contribution is 2.26. The van der Waals surface area contributed by atoms with E-state index in [1.807, 2.05) is 40.2 Å². The molecule has 4 rings (SSSR count). The van der Waals surface area contributed by atoms with Gasteiger partial charge in [0.15, 0.2) is 4.96 Å². The number of hydrogen-bond donors (Lipinski definition) is 1. The summed E-state index contributed by atoms with van der Waals surface area (Å²) in [5, 5.41) is 4.93. The van der Waals surface area contributed by atoms with Gasteiger partial charge in [-0.25, -0.2) is 4.98 Å². The molecule has 6 nitrogen and oxygen atoms in total. The average Bonchev–Trinajstić information content (AvgIpc) is 3.37. The van der Waals surface area contributed by atoms with Gasteiger partial charge < -0.3 is 15.0 Å². The van der Waals surface area contributed by atoms with E-state index in [2.05, 4.69) is 22.2 Å². The molecule has 27 heavy (non-hydrogen) atoms. The van der Waals surface area contributed by atoms with Crippen LogP contribution in [-0.4, -0.2) is 53.5 Å². The van der Waals surface area contributed by atoms with Crippen molar-refractivity contribution in [2.75, 3.05) is 27.2 Å². The van der Waals surface area contributed by atoms with Gasteiger partial charge in [0, 0.05) is 29.7 Å². The second kappa shape index (κ2) is 7.70. The Morgan fingerprint density at radius 2 is 2.33 bits per heavy atom. The quantitative estimate of drug-likeness (QED) is 0.709. The van der Waals surface area contributed by atoms with Crippen molar-refractivity contribution in [1.29, 1.82) is 0 Å². The van der Waals surface area contributed by atoms with Crippen LogP contribution >= 0.6 is 11.3 Å². The Morgan fingerprint density at radius 1 is 1.44 bits per heavy atom. The molecule has 1 saturated heterocycles. The second-order valence-electron chi connectivity index (χ2n) is 6.95. The maximum Gasteiger partial charge on any atom is 0.269 e. The summed E-state index contributed by atoms with van der Waals surface area (Å²) in [7, 11) is 3.81. The number of hydrogen-bond acceptors (Lipinski definition) is 5. The summed E-state index contributed by atoms with van der Waals surface area (Å²) in [6.45, 7) is 1.86. The number of aromatic nitrogens is 2. The van der Waals surface area contributed by atoms with Crippen LogP contribution in [0.15, 0.2) is 35.8 Å². The lowest BCUT2D eigenvalue weighted by atomic mass is 10.1. The molecule has 1 atom stereocenters. The molecule has 1 fully saturated rings. The average molecular weight is 385 g/mol. The fourth-order valence-corrected chi connectivity index (χ4v) is 4.51. The molecular formula is C20H24N4O2S. The number of amides is 1. The number of methoxy groups -OCH3 is 1. The Balaban J connectivity index is 1.47. The first-order valence-electron chi connectivity index (χ1n) is 9.25. The third kappa shape index (κ3) is 3.70. The van der Waals surface area contributed by atoms with E-state index in [4.69, 9.17) is 4.74 Å². The van der Waals surface area contributed by atoms with Crippen molar-refractivity contribution in [3.63, 3.8) is 0 Å². The molecule has 0 aliphatic carbocycles.